The molecule has 0 aromatic heterocycles. The van der Waals surface area contributed by atoms with Crippen LogP contribution < -0.4 is 0 Å². The van der Waals surface area contributed by atoms with Gasteiger partial charge in [0.25, 0.3) is 0 Å². The first-order valence-electron chi connectivity index (χ1n) is 20.6. The lowest BCUT2D eigenvalue weighted by atomic mass is 9.59. The van der Waals surface area contributed by atoms with Crippen LogP contribution in [0.5, 0.6) is 0 Å². The van der Waals surface area contributed by atoms with Crippen LogP contribution in [0.2, 0.25) is 10.0 Å². The summed E-state index contributed by atoms with van der Waals surface area (Å²) in [6, 6.07) is 12.2. The highest BCUT2D eigenvalue weighted by Gasteiger charge is 2.51. The first kappa shape index (κ1) is 52.5. The molecule has 1 aliphatic rings. The van der Waals surface area contributed by atoms with Crippen molar-refractivity contribution >= 4 is 56.7 Å². The molecule has 0 radical (unpaired) electrons. The summed E-state index contributed by atoms with van der Waals surface area (Å²) >= 11 is 13.2. The van der Waals surface area contributed by atoms with E-state index < -0.39 is 37.9 Å². The Morgan fingerprint density at radius 3 is 1.74 bits per heavy atom. The number of rotatable bonds is 16. The third kappa shape index (κ3) is 16.7. The molecule has 58 heavy (non-hydrogen) atoms. The van der Waals surface area contributed by atoms with Crippen LogP contribution in [0.3, 0.4) is 0 Å². The topological polar surface area (TPSA) is 91.3 Å². The third-order valence-electron chi connectivity index (χ3n) is 10.8. The quantitative estimate of drug-likeness (QED) is 0.0722. The van der Waals surface area contributed by atoms with E-state index in [1.54, 1.807) is 7.11 Å². The Morgan fingerprint density at radius 1 is 0.793 bits per heavy atom. The Hall–Kier alpha value is -1.62. The molecule has 0 saturated heterocycles. The van der Waals surface area contributed by atoms with Crippen molar-refractivity contribution in [3.63, 3.8) is 0 Å². The average Bonchev–Trinajstić information content (AvgIpc) is 3.07. The number of nitrogens with zero attached hydrogens (tertiary/aromatic N) is 1. The van der Waals surface area contributed by atoms with E-state index in [4.69, 9.17) is 37.4 Å². The lowest BCUT2D eigenvalue weighted by Gasteiger charge is -2.47. The second-order valence-electron chi connectivity index (χ2n) is 20.7. The summed E-state index contributed by atoms with van der Waals surface area (Å²) in [5.74, 6) is 0.171. The Labute approximate surface area is 367 Å². The molecule has 0 N–H and O–H groups in total. The number of methoxy groups -OCH3 is 2. The monoisotopic (exact) mass is 883 g/mol. The summed E-state index contributed by atoms with van der Waals surface area (Å²) in [6.45, 7) is 29.9. The molecule has 1 fully saturated rings. The van der Waals surface area contributed by atoms with E-state index in [1.807, 2.05) is 66.7 Å². The number of aryl methyl sites for hydroxylation is 2. The average molecular weight is 885 g/mol. The predicted molar refractivity (Wildman–Crippen MR) is 248 cm³/mol. The minimum Gasteiger partial charge on any atom is -0.469 e. The minimum atomic E-state index is -1.25. The Morgan fingerprint density at radius 2 is 1.31 bits per heavy atom. The van der Waals surface area contributed by atoms with E-state index >= 15 is 0 Å². The molecule has 4 atom stereocenters. The number of ether oxygens (including phenoxy) is 3. The summed E-state index contributed by atoms with van der Waals surface area (Å²) < 4.78 is 45.0. The van der Waals surface area contributed by atoms with Gasteiger partial charge in [-0.3, -0.25) is 9.00 Å². The zero-order valence-corrected chi connectivity index (χ0v) is 41.7. The van der Waals surface area contributed by atoms with Gasteiger partial charge in [-0.2, -0.15) is 4.40 Å². The number of halogens is 2. The van der Waals surface area contributed by atoms with Crippen molar-refractivity contribution < 1.29 is 27.4 Å². The molecule has 0 bridgehead atoms. The summed E-state index contributed by atoms with van der Waals surface area (Å²) in [5, 5.41) is 1.46. The number of hydrogen-bond acceptors (Lipinski definition) is 6. The first-order chi connectivity index (χ1) is 26.5. The van der Waals surface area contributed by atoms with Gasteiger partial charge in [0.15, 0.2) is 0 Å². The molecule has 3 rings (SSSR count). The summed E-state index contributed by atoms with van der Waals surface area (Å²) in [6.07, 6.45) is 5.69. The molecule has 0 aliphatic heterocycles. The Kier molecular flexibility index (Phi) is 19.9. The molecule has 2 unspecified atom stereocenters. The van der Waals surface area contributed by atoms with Crippen LogP contribution in [-0.4, -0.2) is 63.0 Å². The van der Waals surface area contributed by atoms with Crippen LogP contribution in [-0.2, 0) is 59.0 Å². The zero-order valence-electron chi connectivity index (χ0n) is 38.5. The number of carbonyl (C=O) groups excluding carboxylic acids is 1. The van der Waals surface area contributed by atoms with Gasteiger partial charge in [0.2, 0.25) is 0 Å². The Balaban J connectivity index is 0.000000451. The molecule has 11 heteroatoms. The van der Waals surface area contributed by atoms with Crippen molar-refractivity contribution in [1.82, 2.24) is 0 Å². The van der Waals surface area contributed by atoms with E-state index in [-0.39, 0.29) is 28.8 Å². The van der Waals surface area contributed by atoms with E-state index in [2.05, 4.69) is 71.1 Å². The lowest BCUT2D eigenvalue weighted by molar-refractivity contribution is -0.154. The highest BCUT2D eigenvalue weighted by atomic mass is 35.5. The van der Waals surface area contributed by atoms with Crippen molar-refractivity contribution in [2.24, 2.45) is 33.0 Å². The van der Waals surface area contributed by atoms with Crippen LogP contribution >= 0.6 is 23.2 Å². The molecule has 330 valence electrons. The van der Waals surface area contributed by atoms with Gasteiger partial charge in [0.1, 0.15) is 17.8 Å². The summed E-state index contributed by atoms with van der Waals surface area (Å²) in [7, 11) is 0.625. The van der Waals surface area contributed by atoms with Crippen LogP contribution in [0.25, 0.3) is 0 Å². The first-order valence-corrected chi connectivity index (χ1v) is 23.8. The lowest BCUT2D eigenvalue weighted by Crippen LogP contribution is -2.51. The van der Waals surface area contributed by atoms with Crippen molar-refractivity contribution in [2.75, 3.05) is 33.4 Å². The fraction of sp³-hybridized carbons (Fsp3) is 0.702. The van der Waals surface area contributed by atoms with E-state index in [0.717, 1.165) is 71.5 Å². The van der Waals surface area contributed by atoms with Gasteiger partial charge in [-0.15, -0.1) is 0 Å². The molecule has 1 aliphatic carbocycles. The second kappa shape index (κ2) is 21.9. The highest BCUT2D eigenvalue weighted by Crippen LogP contribution is 2.49. The number of carbonyl (C=O) groups is 1. The van der Waals surface area contributed by atoms with Gasteiger partial charge in [-0.25, -0.2) is 4.21 Å². The van der Waals surface area contributed by atoms with Crippen molar-refractivity contribution in [1.29, 1.82) is 0 Å². The summed E-state index contributed by atoms with van der Waals surface area (Å²) in [5.41, 5.74) is 4.71. The molecule has 2 aromatic carbocycles. The largest absolute Gasteiger partial charge is 0.469 e. The van der Waals surface area contributed by atoms with Gasteiger partial charge in [-0.1, -0.05) is 95.9 Å². The van der Waals surface area contributed by atoms with Crippen molar-refractivity contribution in [3.05, 3.63) is 68.7 Å². The molecule has 1 saturated carbocycles. The SMILES string of the molecule is CC(=NS(=O)C(C)(C)C)c1ccc(CCC(C)(C)C)c(Cl)c1.COCOCC1CC(C(C(=O)OC)[C@@](C)(C[S@@](=O)C(C)(C)C)c2ccc(CCC(C)(C)C)c(Cl)c2)C1. The van der Waals surface area contributed by atoms with E-state index in [9.17, 15) is 13.2 Å². The highest BCUT2D eigenvalue weighted by molar-refractivity contribution is 7.86. The maximum absolute atomic E-state index is 13.5. The Bertz CT molecular complexity index is 1730. The predicted octanol–water partition coefficient (Wildman–Crippen LogP) is 12.1. The molecule has 7 nitrogen and oxygen atoms in total. The maximum atomic E-state index is 13.5. The van der Waals surface area contributed by atoms with Crippen LogP contribution in [0.4, 0.5) is 0 Å². The molecule has 0 heterocycles. The van der Waals surface area contributed by atoms with Crippen LogP contribution in [0.1, 0.15) is 145 Å². The van der Waals surface area contributed by atoms with E-state index in [1.165, 1.54) is 7.11 Å². The van der Waals surface area contributed by atoms with E-state index in [0.29, 0.717) is 28.7 Å². The molecular weight excluding hydrogens is 810 g/mol. The van der Waals surface area contributed by atoms with Gasteiger partial charge in [0.05, 0.1) is 30.1 Å². The van der Waals surface area contributed by atoms with Gasteiger partial charge < -0.3 is 14.2 Å². The standard InChI is InChI=1S/C29H47ClO5S.C18H28ClNOS/c1-27(2,3)13-12-21-10-11-23(16-24(21)30)29(7,18-36(32)28(4,5)6)25(26(31)34-9)22-14-20(15-22)17-35-19-33-8;1-13(20-22(21)18(5,6)7)15-9-8-14(16(19)12-15)10-11-17(2,3)4/h10-11,16,20,22,25H,12-15,17-19H2,1-9H3;8-9,12H,10-11H2,1-7H3/t20?,22?,25?,29-,36+;/m0./s1. The van der Waals surface area contributed by atoms with Crippen molar-refractivity contribution in [3.8, 4) is 0 Å². The van der Waals surface area contributed by atoms with Crippen LogP contribution in [0, 0.1) is 28.6 Å². The summed E-state index contributed by atoms with van der Waals surface area (Å²) in [4.78, 5) is 13.3. The normalized spacial score (nSPS) is 19.2. The smallest absolute Gasteiger partial charge is 0.309 e. The van der Waals surface area contributed by atoms with Crippen molar-refractivity contribution in [2.45, 2.75) is 150 Å². The van der Waals surface area contributed by atoms with Gasteiger partial charge in [-0.05, 0) is 144 Å². The second-order valence-corrected chi connectivity index (χ2v) is 25.6. The maximum Gasteiger partial charge on any atom is 0.309 e. The molecular formula is C47H75Cl2NO6S2. The fourth-order valence-electron chi connectivity index (χ4n) is 6.85. The third-order valence-corrected chi connectivity index (χ3v) is 15.2. The van der Waals surface area contributed by atoms with Gasteiger partial charge >= 0.3 is 5.97 Å². The van der Waals surface area contributed by atoms with Gasteiger partial charge in [0, 0.05) is 43.9 Å². The zero-order chi connectivity index (χ0) is 44.4. The molecule has 0 amide bonds. The fourth-order valence-corrected chi connectivity index (χ4v) is 9.35. The molecule has 0 spiro atoms. The number of esters is 1. The minimum absolute atomic E-state index is 0.120. The number of benzene rings is 2. The number of hydrogen-bond donors (Lipinski definition) is 0. The van der Waals surface area contributed by atoms with Crippen LogP contribution in [0.15, 0.2) is 40.8 Å². The molecule has 2 aromatic rings.